The Morgan fingerprint density at radius 3 is 2.52 bits per heavy atom. The van der Waals surface area contributed by atoms with Crippen molar-refractivity contribution in [2.45, 2.75) is 62.0 Å². The van der Waals surface area contributed by atoms with Crippen molar-refractivity contribution in [2.75, 3.05) is 0 Å². The van der Waals surface area contributed by atoms with E-state index in [4.69, 9.17) is 0 Å². The molecule has 1 aliphatic rings. The Morgan fingerprint density at radius 1 is 1.29 bits per heavy atom. The van der Waals surface area contributed by atoms with Crippen molar-refractivity contribution in [1.29, 1.82) is 0 Å². The Bertz CT molecular complexity index is 586. The molecule has 0 unspecified atom stereocenters. The fourth-order valence-corrected chi connectivity index (χ4v) is 5.53. The fraction of sp³-hybridized carbons (Fsp3) is 0.556. The predicted octanol–water partition coefficient (Wildman–Crippen LogP) is 4.68. The molecule has 1 aromatic rings. The van der Waals surface area contributed by atoms with E-state index in [1.165, 1.54) is 12.8 Å². The lowest BCUT2D eigenvalue weighted by Crippen LogP contribution is -2.25. The fourth-order valence-electron chi connectivity index (χ4n) is 3.25. The maximum atomic E-state index is 13.0. The summed E-state index contributed by atoms with van der Waals surface area (Å²) in [7, 11) is -3.26. The Morgan fingerprint density at radius 2 is 1.95 bits per heavy atom. The van der Waals surface area contributed by atoms with Gasteiger partial charge < -0.3 is 0 Å². The molecular weight excluding hydrogens is 280 g/mol. The molecule has 0 heterocycles. The molecule has 2 nitrogen and oxygen atoms in total. The lowest BCUT2D eigenvalue weighted by atomic mass is 10.1. The molecule has 2 atom stereocenters. The molecule has 0 aliphatic heterocycles. The van der Waals surface area contributed by atoms with Gasteiger partial charge in [0.1, 0.15) is 0 Å². The first-order valence-electron chi connectivity index (χ1n) is 7.90. The zero-order chi connectivity index (χ0) is 15.5. The van der Waals surface area contributed by atoms with E-state index < -0.39 is 14.6 Å². The second-order valence-corrected chi connectivity index (χ2v) is 8.56. The zero-order valence-electron chi connectivity index (χ0n) is 13.1. The van der Waals surface area contributed by atoms with E-state index in [9.17, 15) is 8.42 Å². The van der Waals surface area contributed by atoms with Gasteiger partial charge in [-0.2, -0.15) is 0 Å². The Kier molecular flexibility index (Phi) is 4.92. The van der Waals surface area contributed by atoms with Gasteiger partial charge in [-0.1, -0.05) is 50.0 Å². The molecule has 1 aromatic carbocycles. The minimum atomic E-state index is -3.26. The van der Waals surface area contributed by atoms with Crippen LogP contribution in [0.4, 0.5) is 0 Å². The van der Waals surface area contributed by atoms with Crippen LogP contribution in [-0.2, 0) is 9.84 Å². The first-order chi connectivity index (χ1) is 9.98. The van der Waals surface area contributed by atoms with Crippen LogP contribution in [0.15, 0.2) is 41.8 Å². The highest BCUT2D eigenvalue weighted by Crippen LogP contribution is 2.57. The molecule has 0 bridgehead atoms. The summed E-state index contributed by atoms with van der Waals surface area (Å²) in [6.45, 7) is 7.92. The molecule has 0 amide bonds. The molecule has 0 saturated heterocycles. The molecule has 0 N–H and O–H groups in total. The average Bonchev–Trinajstić information content (AvgIpc) is 3.15. The van der Waals surface area contributed by atoms with Crippen LogP contribution in [0.3, 0.4) is 0 Å². The van der Waals surface area contributed by atoms with Gasteiger partial charge in [-0.05, 0) is 44.2 Å². The van der Waals surface area contributed by atoms with Crippen LogP contribution in [-0.4, -0.2) is 13.2 Å². The summed E-state index contributed by atoms with van der Waals surface area (Å²) in [6.07, 6.45) is 7.64. The van der Waals surface area contributed by atoms with Gasteiger partial charge in [0, 0.05) is 0 Å². The van der Waals surface area contributed by atoms with Crippen LogP contribution >= 0.6 is 0 Å². The van der Waals surface area contributed by atoms with E-state index in [-0.39, 0.29) is 0 Å². The summed E-state index contributed by atoms with van der Waals surface area (Å²) >= 11 is 0. The summed E-state index contributed by atoms with van der Waals surface area (Å²) in [5, 5.41) is 0. The van der Waals surface area contributed by atoms with Crippen molar-refractivity contribution >= 4 is 9.84 Å². The number of hydrogen-bond donors (Lipinski definition) is 0. The summed E-state index contributed by atoms with van der Waals surface area (Å²) in [4.78, 5) is 0.466. The van der Waals surface area contributed by atoms with Gasteiger partial charge in [0.25, 0.3) is 0 Å². The molecule has 21 heavy (non-hydrogen) atoms. The normalized spacial score (nSPS) is 24.8. The van der Waals surface area contributed by atoms with Crippen LogP contribution in [0.25, 0.3) is 0 Å². The summed E-state index contributed by atoms with van der Waals surface area (Å²) < 4.78 is 25.4. The third-order valence-electron chi connectivity index (χ3n) is 4.69. The Balaban J connectivity index is 2.22. The standard InChI is InChI=1S/C18H26O2S/c1-4-6-7-8-16-14-18(16,13-5-2)21(19,20)17-11-9-15(3)10-12-17/h5,9-12,16H,2,4,6-8,13-14H2,1,3H3/t16-,18-/m1/s1. The molecule has 3 heteroatoms. The number of hydrogen-bond acceptors (Lipinski definition) is 2. The van der Waals surface area contributed by atoms with E-state index in [1.807, 2.05) is 19.1 Å². The van der Waals surface area contributed by atoms with Crippen molar-refractivity contribution in [3.8, 4) is 0 Å². The van der Waals surface area contributed by atoms with Gasteiger partial charge in [-0.3, -0.25) is 0 Å². The zero-order valence-corrected chi connectivity index (χ0v) is 14.0. The van der Waals surface area contributed by atoms with Crippen molar-refractivity contribution in [3.63, 3.8) is 0 Å². The smallest absolute Gasteiger partial charge is 0.184 e. The van der Waals surface area contributed by atoms with Crippen LogP contribution in [0.1, 0.15) is 51.0 Å². The van der Waals surface area contributed by atoms with Crippen LogP contribution in [0.5, 0.6) is 0 Å². The topological polar surface area (TPSA) is 34.1 Å². The van der Waals surface area contributed by atoms with Crippen molar-refractivity contribution in [3.05, 3.63) is 42.5 Å². The van der Waals surface area contributed by atoms with Crippen LogP contribution < -0.4 is 0 Å². The van der Waals surface area contributed by atoms with E-state index in [0.29, 0.717) is 17.2 Å². The number of benzene rings is 1. The lowest BCUT2D eigenvalue weighted by molar-refractivity contribution is 0.547. The molecule has 1 saturated carbocycles. The van der Waals surface area contributed by atoms with Crippen molar-refractivity contribution in [1.82, 2.24) is 0 Å². The van der Waals surface area contributed by atoms with Gasteiger partial charge in [0.2, 0.25) is 0 Å². The highest BCUT2D eigenvalue weighted by atomic mass is 32.2. The molecule has 1 aliphatic carbocycles. The number of allylic oxidation sites excluding steroid dienone is 1. The second kappa shape index (κ2) is 6.35. The second-order valence-electron chi connectivity index (χ2n) is 6.27. The monoisotopic (exact) mass is 306 g/mol. The van der Waals surface area contributed by atoms with Crippen molar-refractivity contribution in [2.24, 2.45) is 5.92 Å². The summed E-state index contributed by atoms with van der Waals surface area (Å²) in [5.74, 6) is 0.299. The molecular formula is C18H26O2S. The predicted molar refractivity (Wildman–Crippen MR) is 88.2 cm³/mol. The minimum Gasteiger partial charge on any atom is -0.223 e. The maximum absolute atomic E-state index is 13.0. The first-order valence-corrected chi connectivity index (χ1v) is 9.38. The average molecular weight is 306 g/mol. The molecule has 0 spiro atoms. The lowest BCUT2D eigenvalue weighted by Gasteiger charge is -2.17. The van der Waals surface area contributed by atoms with Gasteiger partial charge in [0.15, 0.2) is 9.84 Å². The molecule has 1 fully saturated rings. The van der Waals surface area contributed by atoms with E-state index in [0.717, 1.165) is 24.8 Å². The van der Waals surface area contributed by atoms with E-state index in [1.54, 1.807) is 18.2 Å². The molecule has 2 rings (SSSR count). The van der Waals surface area contributed by atoms with Gasteiger partial charge in [-0.15, -0.1) is 6.58 Å². The van der Waals surface area contributed by atoms with Gasteiger partial charge >= 0.3 is 0 Å². The highest BCUT2D eigenvalue weighted by Gasteiger charge is 2.62. The van der Waals surface area contributed by atoms with Crippen LogP contribution in [0, 0.1) is 12.8 Å². The maximum Gasteiger partial charge on any atom is 0.184 e. The highest BCUT2D eigenvalue weighted by molar-refractivity contribution is 7.93. The number of sulfone groups is 1. The number of aryl methyl sites for hydroxylation is 1. The van der Waals surface area contributed by atoms with Gasteiger partial charge in [-0.25, -0.2) is 8.42 Å². The number of rotatable bonds is 8. The van der Waals surface area contributed by atoms with E-state index in [2.05, 4.69) is 13.5 Å². The largest absolute Gasteiger partial charge is 0.223 e. The molecule has 0 radical (unpaired) electrons. The third-order valence-corrected chi connectivity index (χ3v) is 7.32. The van der Waals surface area contributed by atoms with Crippen LogP contribution in [0.2, 0.25) is 0 Å². The Hall–Kier alpha value is -1.09. The molecule has 116 valence electrons. The Labute approximate surface area is 129 Å². The first kappa shape index (κ1) is 16.3. The SMILES string of the molecule is C=CC[C@@]1(S(=O)(=O)c2ccc(C)cc2)C[C@H]1CCCCC. The summed E-state index contributed by atoms with van der Waals surface area (Å²) in [5.41, 5.74) is 1.09. The van der Waals surface area contributed by atoms with Gasteiger partial charge in [0.05, 0.1) is 9.64 Å². The van der Waals surface area contributed by atoms with Crippen molar-refractivity contribution < 1.29 is 8.42 Å². The third kappa shape index (κ3) is 3.08. The quantitative estimate of drug-likeness (QED) is 0.516. The number of unbranched alkanes of at least 4 members (excludes halogenated alkanes) is 2. The molecule has 0 aromatic heterocycles. The van der Waals surface area contributed by atoms with E-state index >= 15 is 0 Å². The minimum absolute atomic E-state index is 0.299. The summed E-state index contributed by atoms with van der Waals surface area (Å²) in [6, 6.07) is 7.25.